The molecular formula is C23H27FN8O2S. The summed E-state index contributed by atoms with van der Waals surface area (Å²) in [7, 11) is 0. The Hall–Kier alpha value is -3.38. The number of hydrogen-bond acceptors (Lipinski definition) is 10. The van der Waals surface area contributed by atoms with Gasteiger partial charge in [-0.3, -0.25) is 10.1 Å². The van der Waals surface area contributed by atoms with E-state index in [4.69, 9.17) is 4.74 Å². The number of nitrogens with one attached hydrogen (secondary N) is 2. The van der Waals surface area contributed by atoms with Gasteiger partial charge in [-0.1, -0.05) is 23.5 Å². The van der Waals surface area contributed by atoms with E-state index in [0.717, 1.165) is 31.0 Å². The molecule has 1 aromatic carbocycles. The third-order valence-corrected chi connectivity index (χ3v) is 6.77. The number of hydrogen-bond donors (Lipinski definition) is 2. The molecule has 35 heavy (non-hydrogen) atoms. The van der Waals surface area contributed by atoms with Crippen molar-refractivity contribution in [2.45, 2.75) is 31.7 Å². The molecule has 184 valence electrons. The maximum atomic E-state index is 13.3. The second-order valence-corrected chi connectivity index (χ2v) is 9.47. The second-order valence-electron chi connectivity index (χ2n) is 8.49. The molecule has 5 rings (SSSR count). The molecule has 2 aliphatic rings. The number of alkyl halides is 1. The SMILES string of the molecule is CCO[C@H](C(=O)Nc1nnc(N[C@@H]2CCN(c3cccnn3)C2)s1)c1cccc(N2CC(F)C2)c1. The largest absolute Gasteiger partial charge is 0.366 e. The number of carbonyl (C=O) groups is 1. The van der Waals surface area contributed by atoms with Gasteiger partial charge < -0.3 is 19.9 Å². The van der Waals surface area contributed by atoms with E-state index in [9.17, 15) is 9.18 Å². The van der Waals surface area contributed by atoms with E-state index in [1.165, 1.54) is 11.3 Å². The van der Waals surface area contributed by atoms with Gasteiger partial charge in [0.1, 0.15) is 6.17 Å². The quantitative estimate of drug-likeness (QED) is 0.460. The number of ether oxygens (including phenoxy) is 1. The topological polar surface area (TPSA) is 108 Å². The Morgan fingerprint density at radius 3 is 2.80 bits per heavy atom. The highest BCUT2D eigenvalue weighted by Gasteiger charge is 2.29. The van der Waals surface area contributed by atoms with Crippen LogP contribution in [0.3, 0.4) is 0 Å². The molecule has 2 aliphatic heterocycles. The summed E-state index contributed by atoms with van der Waals surface area (Å²) in [6.45, 7) is 4.60. The van der Waals surface area contributed by atoms with Gasteiger partial charge in [0.2, 0.25) is 10.3 Å². The Morgan fingerprint density at radius 2 is 2.03 bits per heavy atom. The highest BCUT2D eigenvalue weighted by Crippen LogP contribution is 2.29. The minimum Gasteiger partial charge on any atom is -0.366 e. The monoisotopic (exact) mass is 498 g/mol. The molecule has 2 fully saturated rings. The lowest BCUT2D eigenvalue weighted by molar-refractivity contribution is -0.127. The van der Waals surface area contributed by atoms with Crippen LogP contribution in [-0.4, -0.2) is 71.3 Å². The van der Waals surface area contributed by atoms with Crippen LogP contribution in [0.4, 0.5) is 26.2 Å². The molecule has 0 unspecified atom stereocenters. The molecule has 2 N–H and O–H groups in total. The van der Waals surface area contributed by atoms with Crippen molar-refractivity contribution in [3.63, 3.8) is 0 Å². The number of benzene rings is 1. The van der Waals surface area contributed by atoms with Crippen molar-refractivity contribution in [3.8, 4) is 0 Å². The van der Waals surface area contributed by atoms with Crippen LogP contribution in [0.25, 0.3) is 0 Å². The fourth-order valence-corrected chi connectivity index (χ4v) is 4.96. The smallest absolute Gasteiger partial charge is 0.259 e. The summed E-state index contributed by atoms with van der Waals surface area (Å²) in [5, 5.41) is 23.7. The third kappa shape index (κ3) is 5.49. The summed E-state index contributed by atoms with van der Waals surface area (Å²) < 4.78 is 19.0. The molecule has 2 saturated heterocycles. The zero-order chi connectivity index (χ0) is 24.2. The predicted octanol–water partition coefficient (Wildman–Crippen LogP) is 2.89. The number of aromatic nitrogens is 4. The number of carbonyl (C=O) groups excluding carboxylic acids is 1. The summed E-state index contributed by atoms with van der Waals surface area (Å²) >= 11 is 1.28. The van der Waals surface area contributed by atoms with Gasteiger partial charge in [0, 0.05) is 37.6 Å². The Bertz CT molecular complexity index is 1140. The molecule has 12 heteroatoms. The van der Waals surface area contributed by atoms with Crippen LogP contribution in [0.2, 0.25) is 0 Å². The summed E-state index contributed by atoms with van der Waals surface area (Å²) in [4.78, 5) is 17.2. The van der Waals surface area contributed by atoms with Crippen molar-refractivity contribution in [3.05, 3.63) is 48.2 Å². The van der Waals surface area contributed by atoms with E-state index >= 15 is 0 Å². The van der Waals surface area contributed by atoms with E-state index in [2.05, 4.69) is 35.9 Å². The molecule has 2 aromatic heterocycles. The van der Waals surface area contributed by atoms with Gasteiger partial charge >= 0.3 is 0 Å². The first kappa shape index (κ1) is 23.4. The van der Waals surface area contributed by atoms with Crippen molar-refractivity contribution in [2.24, 2.45) is 0 Å². The number of halogens is 1. The van der Waals surface area contributed by atoms with Crippen molar-refractivity contribution in [1.29, 1.82) is 0 Å². The highest BCUT2D eigenvalue weighted by molar-refractivity contribution is 7.19. The lowest BCUT2D eigenvalue weighted by Crippen LogP contribution is -2.48. The highest BCUT2D eigenvalue weighted by atomic mass is 32.1. The lowest BCUT2D eigenvalue weighted by Gasteiger charge is -2.36. The Balaban J connectivity index is 1.19. The van der Waals surface area contributed by atoms with Gasteiger partial charge in [0.15, 0.2) is 11.9 Å². The fourth-order valence-electron chi connectivity index (χ4n) is 4.24. The van der Waals surface area contributed by atoms with E-state index in [-0.39, 0.29) is 11.9 Å². The molecule has 2 atom stereocenters. The molecule has 0 spiro atoms. The normalized spacial score (nSPS) is 18.9. The van der Waals surface area contributed by atoms with Gasteiger partial charge in [0.25, 0.3) is 5.91 Å². The van der Waals surface area contributed by atoms with Crippen molar-refractivity contribution >= 4 is 39.0 Å². The van der Waals surface area contributed by atoms with Gasteiger partial charge in [0.05, 0.1) is 13.1 Å². The van der Waals surface area contributed by atoms with E-state index in [1.807, 2.05) is 48.2 Å². The maximum absolute atomic E-state index is 13.3. The van der Waals surface area contributed by atoms with Crippen LogP contribution in [0, 0.1) is 0 Å². The summed E-state index contributed by atoms with van der Waals surface area (Å²) in [6.07, 6.45) is 0.981. The first-order valence-electron chi connectivity index (χ1n) is 11.6. The predicted molar refractivity (Wildman–Crippen MR) is 133 cm³/mol. The van der Waals surface area contributed by atoms with Crippen LogP contribution in [0.5, 0.6) is 0 Å². The van der Waals surface area contributed by atoms with E-state index in [1.54, 1.807) is 6.20 Å². The summed E-state index contributed by atoms with van der Waals surface area (Å²) in [6, 6.07) is 11.5. The minimum atomic E-state index is -0.807. The van der Waals surface area contributed by atoms with Gasteiger partial charge in [-0.2, -0.15) is 5.10 Å². The molecule has 1 amide bonds. The molecule has 0 aliphatic carbocycles. The van der Waals surface area contributed by atoms with Gasteiger partial charge in [-0.15, -0.1) is 15.3 Å². The number of amides is 1. The van der Waals surface area contributed by atoms with Crippen LogP contribution in [-0.2, 0) is 9.53 Å². The molecule has 10 nitrogen and oxygen atoms in total. The fraction of sp³-hybridized carbons (Fsp3) is 0.435. The van der Waals surface area contributed by atoms with Crippen LogP contribution < -0.4 is 20.4 Å². The molecule has 3 aromatic rings. The van der Waals surface area contributed by atoms with Crippen LogP contribution in [0.15, 0.2) is 42.6 Å². The summed E-state index contributed by atoms with van der Waals surface area (Å²) in [5.41, 5.74) is 1.59. The van der Waals surface area contributed by atoms with Crippen molar-refractivity contribution in [2.75, 3.05) is 53.2 Å². The molecule has 4 heterocycles. The van der Waals surface area contributed by atoms with E-state index < -0.39 is 12.3 Å². The van der Waals surface area contributed by atoms with Crippen molar-refractivity contribution < 1.29 is 13.9 Å². The molecular weight excluding hydrogens is 471 g/mol. The average Bonchev–Trinajstić information content (AvgIpc) is 3.51. The first-order valence-corrected chi connectivity index (χ1v) is 12.4. The first-order chi connectivity index (χ1) is 17.1. The zero-order valence-electron chi connectivity index (χ0n) is 19.3. The molecule has 0 saturated carbocycles. The maximum Gasteiger partial charge on any atom is 0.259 e. The second kappa shape index (κ2) is 10.5. The summed E-state index contributed by atoms with van der Waals surface area (Å²) in [5.74, 6) is 0.528. The van der Waals surface area contributed by atoms with Crippen LogP contribution >= 0.6 is 11.3 Å². The van der Waals surface area contributed by atoms with Crippen LogP contribution in [0.1, 0.15) is 25.0 Å². The van der Waals surface area contributed by atoms with Gasteiger partial charge in [-0.25, -0.2) is 4.39 Å². The zero-order valence-corrected chi connectivity index (χ0v) is 20.1. The third-order valence-electron chi connectivity index (χ3n) is 6.00. The standard InChI is InChI=1S/C23H27FN8O2S/c1-2-34-20(15-5-3-6-18(11-15)32-12-16(24)13-32)21(33)27-23-30-29-22(35-23)26-17-8-10-31(14-17)19-7-4-9-25-28-19/h3-7,9,11,16-17,20H,2,8,10,12-14H2,1H3,(H,26,29)(H,27,30,33)/t17-,20+/m1/s1. The lowest BCUT2D eigenvalue weighted by atomic mass is 10.1. The number of anilines is 4. The van der Waals surface area contributed by atoms with E-state index in [0.29, 0.717) is 35.5 Å². The van der Waals surface area contributed by atoms with Gasteiger partial charge in [-0.05, 0) is 43.2 Å². The Kier molecular flexibility index (Phi) is 7.00. The Morgan fingerprint density at radius 1 is 1.17 bits per heavy atom. The average molecular weight is 499 g/mol. The Labute approximate surface area is 206 Å². The number of rotatable bonds is 9. The molecule has 0 bridgehead atoms. The minimum absolute atomic E-state index is 0.192. The van der Waals surface area contributed by atoms with Crippen molar-refractivity contribution in [1.82, 2.24) is 20.4 Å². The number of nitrogens with zero attached hydrogens (tertiary/aromatic N) is 6. The molecule has 0 radical (unpaired) electrons.